The number of carbonyl (C=O) groups excluding carboxylic acids is 1. The van der Waals surface area contributed by atoms with Gasteiger partial charge >= 0.3 is 0 Å². The summed E-state index contributed by atoms with van der Waals surface area (Å²) in [6, 6.07) is 9.40. The van der Waals surface area contributed by atoms with E-state index in [2.05, 4.69) is 20.3 Å². The maximum absolute atomic E-state index is 13.4. The van der Waals surface area contributed by atoms with Crippen molar-refractivity contribution >= 4 is 28.3 Å². The first-order valence-corrected chi connectivity index (χ1v) is 9.90. The first kappa shape index (κ1) is 20.0. The molecule has 1 aliphatic heterocycles. The summed E-state index contributed by atoms with van der Waals surface area (Å²) in [5.41, 5.74) is 0.425. The van der Waals surface area contributed by atoms with Crippen molar-refractivity contribution in [3.8, 4) is 0 Å². The lowest BCUT2D eigenvalue weighted by molar-refractivity contribution is 0.102. The summed E-state index contributed by atoms with van der Waals surface area (Å²) in [5.74, 6) is -5.14. The minimum atomic E-state index is -1.65. The molecule has 3 N–H and O–H groups in total. The number of amides is 1. The normalized spacial score (nSPS) is 20.2. The highest BCUT2D eigenvalue weighted by Crippen LogP contribution is 2.33. The molecule has 1 amide bonds. The SMILES string of the molecule is CC1(c2ccncc2)Nc2ccc(C(=O)Nc3cc(F)c(F)c(F)c3)cc2S(=O)N1. The quantitative estimate of drug-likeness (QED) is 0.552. The number of nitrogens with zero attached hydrogens (tertiary/aromatic N) is 1. The number of anilines is 2. The van der Waals surface area contributed by atoms with E-state index < -0.39 is 40.0 Å². The Morgan fingerprint density at radius 2 is 1.73 bits per heavy atom. The Labute approximate surface area is 172 Å². The molecule has 0 radical (unpaired) electrons. The number of halogens is 3. The second-order valence-corrected chi connectivity index (χ2v) is 7.96. The molecule has 0 spiro atoms. The zero-order valence-electron chi connectivity index (χ0n) is 15.5. The Kier molecular flexibility index (Phi) is 5.04. The maximum atomic E-state index is 13.4. The minimum Gasteiger partial charge on any atom is -0.362 e. The van der Waals surface area contributed by atoms with Crippen molar-refractivity contribution in [3.05, 3.63) is 83.4 Å². The molecular formula is C20H15F3N4O2S. The largest absolute Gasteiger partial charge is 0.362 e. The van der Waals surface area contributed by atoms with Crippen molar-refractivity contribution in [3.63, 3.8) is 0 Å². The van der Waals surface area contributed by atoms with Gasteiger partial charge in [-0.15, -0.1) is 0 Å². The molecule has 0 aliphatic carbocycles. The number of fused-ring (bicyclic) bond motifs is 1. The Morgan fingerprint density at radius 1 is 1.07 bits per heavy atom. The molecule has 0 bridgehead atoms. The fraction of sp³-hybridized carbons (Fsp3) is 0.100. The minimum absolute atomic E-state index is 0.114. The van der Waals surface area contributed by atoms with Crippen LogP contribution in [0.2, 0.25) is 0 Å². The predicted octanol–water partition coefficient (Wildman–Crippen LogP) is 3.66. The number of rotatable bonds is 3. The molecule has 2 heterocycles. The van der Waals surface area contributed by atoms with Crippen LogP contribution >= 0.6 is 0 Å². The van der Waals surface area contributed by atoms with E-state index in [0.717, 1.165) is 5.56 Å². The zero-order valence-corrected chi connectivity index (χ0v) is 16.3. The number of hydrogen-bond donors (Lipinski definition) is 3. The number of nitrogens with one attached hydrogen (secondary N) is 3. The molecule has 2 unspecified atom stereocenters. The van der Waals surface area contributed by atoms with Crippen molar-refractivity contribution in [1.82, 2.24) is 9.71 Å². The average Bonchev–Trinajstić information content (AvgIpc) is 2.72. The lowest BCUT2D eigenvalue weighted by Gasteiger charge is -2.37. The predicted molar refractivity (Wildman–Crippen MR) is 105 cm³/mol. The van der Waals surface area contributed by atoms with Gasteiger partial charge in [-0.1, -0.05) is 0 Å². The molecule has 0 saturated heterocycles. The summed E-state index contributed by atoms with van der Waals surface area (Å²) < 4.78 is 55.6. The van der Waals surface area contributed by atoms with Gasteiger partial charge in [0.05, 0.1) is 10.6 Å². The van der Waals surface area contributed by atoms with Crippen molar-refractivity contribution < 1.29 is 22.2 Å². The Morgan fingerprint density at radius 3 is 2.40 bits per heavy atom. The third-order valence-corrected chi connectivity index (χ3v) is 5.96. The lowest BCUT2D eigenvalue weighted by atomic mass is 10.0. The van der Waals surface area contributed by atoms with E-state index in [9.17, 15) is 22.2 Å². The summed E-state index contributed by atoms with van der Waals surface area (Å²) in [6.45, 7) is 1.82. The van der Waals surface area contributed by atoms with Crippen LogP contribution in [0.4, 0.5) is 24.5 Å². The van der Waals surface area contributed by atoms with Gasteiger partial charge in [0.2, 0.25) is 0 Å². The van der Waals surface area contributed by atoms with E-state index in [-0.39, 0.29) is 11.3 Å². The number of hydrogen-bond acceptors (Lipinski definition) is 4. The van der Waals surface area contributed by atoms with E-state index in [1.807, 2.05) is 6.92 Å². The van der Waals surface area contributed by atoms with Gasteiger partial charge in [0.15, 0.2) is 17.5 Å². The van der Waals surface area contributed by atoms with Gasteiger partial charge in [-0.05, 0) is 42.8 Å². The van der Waals surface area contributed by atoms with Crippen molar-refractivity contribution in [2.45, 2.75) is 17.5 Å². The highest BCUT2D eigenvalue weighted by Gasteiger charge is 2.35. The molecular weight excluding hydrogens is 417 g/mol. The third kappa shape index (κ3) is 3.66. The monoisotopic (exact) mass is 432 g/mol. The van der Waals surface area contributed by atoms with Crippen molar-refractivity contribution in [2.24, 2.45) is 0 Å². The van der Waals surface area contributed by atoms with Crippen LogP contribution in [0.25, 0.3) is 0 Å². The first-order chi connectivity index (χ1) is 14.3. The second kappa shape index (κ2) is 7.54. The van der Waals surface area contributed by atoms with Gasteiger partial charge in [-0.3, -0.25) is 9.78 Å². The highest BCUT2D eigenvalue weighted by molar-refractivity contribution is 7.83. The van der Waals surface area contributed by atoms with Crippen LogP contribution in [0, 0.1) is 17.5 Å². The number of benzene rings is 2. The average molecular weight is 432 g/mol. The summed E-state index contributed by atoms with van der Waals surface area (Å²) in [5, 5.41) is 5.55. The maximum Gasteiger partial charge on any atom is 0.255 e. The lowest BCUT2D eigenvalue weighted by Crippen LogP contribution is -2.50. The van der Waals surface area contributed by atoms with Crippen LogP contribution in [0.5, 0.6) is 0 Å². The topological polar surface area (TPSA) is 83.1 Å². The number of carbonyl (C=O) groups is 1. The van der Waals surface area contributed by atoms with E-state index in [0.29, 0.717) is 22.7 Å². The number of pyridine rings is 1. The molecule has 0 saturated carbocycles. The van der Waals surface area contributed by atoms with Crippen LogP contribution in [0.1, 0.15) is 22.8 Å². The molecule has 30 heavy (non-hydrogen) atoms. The Balaban J connectivity index is 1.60. The van der Waals surface area contributed by atoms with Crippen LogP contribution < -0.4 is 15.4 Å². The van der Waals surface area contributed by atoms with E-state index in [4.69, 9.17) is 0 Å². The molecule has 0 fully saturated rings. The molecule has 4 rings (SSSR count). The molecule has 6 nitrogen and oxygen atoms in total. The smallest absolute Gasteiger partial charge is 0.255 e. The van der Waals surface area contributed by atoms with Crippen LogP contribution in [0.15, 0.2) is 59.8 Å². The standard InChI is InChI=1S/C20H15F3N4O2S/c1-20(12-4-6-24-7-5-12)26-16-3-2-11(8-17(16)30(29)27-20)19(28)25-13-9-14(21)18(23)15(22)10-13/h2-10,26-27H,1H3,(H,25,28). The molecule has 154 valence electrons. The van der Waals surface area contributed by atoms with Crippen molar-refractivity contribution in [1.29, 1.82) is 0 Å². The van der Waals surface area contributed by atoms with Gasteiger partial charge in [0.1, 0.15) is 16.6 Å². The zero-order chi connectivity index (χ0) is 21.5. The fourth-order valence-electron chi connectivity index (χ4n) is 3.10. The molecule has 3 aromatic rings. The molecule has 2 atom stereocenters. The summed E-state index contributed by atoms with van der Waals surface area (Å²) in [6.07, 6.45) is 3.24. The summed E-state index contributed by atoms with van der Waals surface area (Å²) in [4.78, 5) is 16.8. The number of aromatic nitrogens is 1. The van der Waals surface area contributed by atoms with Crippen LogP contribution in [-0.2, 0) is 16.6 Å². The molecule has 2 aromatic carbocycles. The van der Waals surface area contributed by atoms with Gasteiger partial charge in [0.25, 0.3) is 5.91 Å². The van der Waals surface area contributed by atoms with Crippen LogP contribution in [0.3, 0.4) is 0 Å². The fourth-order valence-corrected chi connectivity index (χ4v) is 4.31. The second-order valence-electron chi connectivity index (χ2n) is 6.78. The Hall–Kier alpha value is -3.24. The first-order valence-electron chi connectivity index (χ1n) is 8.75. The van der Waals surface area contributed by atoms with Crippen molar-refractivity contribution in [2.75, 3.05) is 10.6 Å². The van der Waals surface area contributed by atoms with E-state index in [1.165, 1.54) is 12.1 Å². The van der Waals surface area contributed by atoms with E-state index in [1.54, 1.807) is 30.6 Å². The van der Waals surface area contributed by atoms with Gasteiger partial charge < -0.3 is 10.6 Å². The van der Waals surface area contributed by atoms with Crippen LogP contribution in [-0.4, -0.2) is 15.1 Å². The van der Waals surface area contributed by atoms with Gasteiger partial charge in [-0.25, -0.2) is 22.1 Å². The molecule has 1 aliphatic rings. The molecule has 1 aromatic heterocycles. The Bertz CT molecular complexity index is 1150. The highest BCUT2D eigenvalue weighted by atomic mass is 32.2. The summed E-state index contributed by atoms with van der Waals surface area (Å²) >= 11 is 0. The van der Waals surface area contributed by atoms with Gasteiger partial charge in [0, 0.05) is 35.8 Å². The van der Waals surface area contributed by atoms with E-state index >= 15 is 0 Å². The molecule has 10 heteroatoms. The third-order valence-electron chi connectivity index (χ3n) is 4.62. The summed E-state index contributed by atoms with van der Waals surface area (Å²) in [7, 11) is -1.65. The van der Waals surface area contributed by atoms with Gasteiger partial charge in [-0.2, -0.15) is 0 Å².